The molecule has 1 heterocycles. The Labute approximate surface area is 171 Å². The van der Waals surface area contributed by atoms with E-state index in [1.165, 1.54) is 0 Å². The number of hydrogen-bond acceptors (Lipinski definition) is 5. The first-order valence-electron chi connectivity index (χ1n) is 9.50. The number of nitrogens with zero attached hydrogens (tertiary/aromatic N) is 2. The molecule has 6 nitrogen and oxygen atoms in total. The number of carbonyl (C=O) groups excluding carboxylic acids is 1. The van der Waals surface area contributed by atoms with Crippen molar-refractivity contribution in [3.8, 4) is 5.75 Å². The zero-order valence-corrected chi connectivity index (χ0v) is 17.1. The third kappa shape index (κ3) is 5.48. The topological polar surface area (TPSA) is 66.5 Å². The molecule has 0 aliphatic rings. The smallest absolute Gasteiger partial charge is 0.274 e. The van der Waals surface area contributed by atoms with Crippen LogP contribution in [0.1, 0.15) is 24.3 Å². The van der Waals surface area contributed by atoms with Gasteiger partial charge in [0.15, 0.2) is 0 Å². The van der Waals surface area contributed by atoms with Gasteiger partial charge < -0.3 is 20.3 Å². The zero-order chi connectivity index (χ0) is 20.8. The highest BCUT2D eigenvalue weighted by molar-refractivity contribution is 6.03. The number of anilines is 4. The van der Waals surface area contributed by atoms with E-state index >= 15 is 0 Å². The molecule has 1 amide bonds. The van der Waals surface area contributed by atoms with Gasteiger partial charge in [-0.3, -0.25) is 4.79 Å². The molecule has 0 aliphatic carbocycles. The number of nitrogens with one attached hydrogen (secondary N) is 2. The van der Waals surface area contributed by atoms with Gasteiger partial charge in [-0.15, -0.1) is 0 Å². The molecule has 29 heavy (non-hydrogen) atoms. The monoisotopic (exact) mass is 390 g/mol. The van der Waals surface area contributed by atoms with Gasteiger partial charge >= 0.3 is 0 Å². The molecule has 3 rings (SSSR count). The maximum Gasteiger partial charge on any atom is 0.274 e. The maximum atomic E-state index is 12.5. The maximum absolute atomic E-state index is 12.5. The molecule has 3 aromatic rings. The molecular formula is C23H26N4O2. The van der Waals surface area contributed by atoms with Crippen LogP contribution in [0.25, 0.3) is 0 Å². The lowest BCUT2D eigenvalue weighted by Crippen LogP contribution is -2.14. The van der Waals surface area contributed by atoms with E-state index in [1.54, 1.807) is 12.3 Å². The number of ether oxygens (including phenoxy) is 1. The molecule has 0 aliphatic heterocycles. The van der Waals surface area contributed by atoms with Crippen LogP contribution in [0.5, 0.6) is 5.75 Å². The fourth-order valence-electron chi connectivity index (χ4n) is 2.72. The highest BCUT2D eigenvalue weighted by Crippen LogP contribution is 2.28. The van der Waals surface area contributed by atoms with Crippen LogP contribution in [-0.2, 0) is 0 Å². The summed E-state index contributed by atoms with van der Waals surface area (Å²) in [5, 5.41) is 6.15. The van der Waals surface area contributed by atoms with Gasteiger partial charge in [0.25, 0.3) is 5.91 Å². The van der Waals surface area contributed by atoms with E-state index in [4.69, 9.17) is 4.74 Å². The lowest BCUT2D eigenvalue weighted by molar-refractivity contribution is 0.102. The summed E-state index contributed by atoms with van der Waals surface area (Å²) in [6.45, 7) is 3.97. The second-order valence-corrected chi connectivity index (χ2v) is 7.12. The fraction of sp³-hybridized carbons (Fsp3) is 0.217. The average molecular weight is 390 g/mol. The molecule has 0 radical (unpaired) electrons. The van der Waals surface area contributed by atoms with Crippen molar-refractivity contribution in [2.45, 2.75) is 20.0 Å². The predicted octanol–water partition coefficient (Wildman–Crippen LogP) is 4.93. The van der Waals surface area contributed by atoms with E-state index in [9.17, 15) is 4.79 Å². The Kier molecular flexibility index (Phi) is 6.34. The van der Waals surface area contributed by atoms with E-state index in [1.807, 2.05) is 87.4 Å². The van der Waals surface area contributed by atoms with Crippen LogP contribution in [0.3, 0.4) is 0 Å². The first-order chi connectivity index (χ1) is 13.9. The summed E-state index contributed by atoms with van der Waals surface area (Å²) in [6.07, 6.45) is 1.71. The average Bonchev–Trinajstić information content (AvgIpc) is 2.70. The number of rotatable bonds is 7. The van der Waals surface area contributed by atoms with E-state index < -0.39 is 0 Å². The van der Waals surface area contributed by atoms with E-state index in [2.05, 4.69) is 15.6 Å². The number of hydrogen-bond donors (Lipinski definition) is 2. The van der Waals surface area contributed by atoms with Crippen molar-refractivity contribution in [3.63, 3.8) is 0 Å². The largest absolute Gasteiger partial charge is 0.489 e. The molecule has 0 saturated carbocycles. The Morgan fingerprint density at radius 3 is 2.28 bits per heavy atom. The highest BCUT2D eigenvalue weighted by atomic mass is 16.5. The molecule has 6 heteroatoms. The number of carbonyl (C=O) groups is 1. The SMILES string of the molecule is CC(C)Oc1ccccc1Nc1ccc(C(=O)Nc2ccc(N(C)C)cc2)nc1. The first-order valence-corrected chi connectivity index (χ1v) is 9.50. The number of benzene rings is 2. The Balaban J connectivity index is 1.66. The van der Waals surface area contributed by atoms with Crippen LogP contribution in [0, 0.1) is 0 Å². The minimum atomic E-state index is -0.252. The van der Waals surface area contributed by atoms with E-state index in [0.29, 0.717) is 5.69 Å². The molecule has 0 fully saturated rings. The standard InChI is InChI=1S/C23H26N4O2/c1-16(2)29-22-8-6-5-7-20(22)25-18-11-14-21(24-15-18)23(28)26-17-9-12-19(13-10-17)27(3)4/h5-16,25H,1-4H3,(H,26,28). The summed E-state index contributed by atoms with van der Waals surface area (Å²) in [7, 11) is 3.95. The van der Waals surface area contributed by atoms with Gasteiger partial charge in [-0.2, -0.15) is 0 Å². The summed E-state index contributed by atoms with van der Waals surface area (Å²) >= 11 is 0. The number of amides is 1. The lowest BCUT2D eigenvalue weighted by Gasteiger charge is -2.15. The predicted molar refractivity (Wildman–Crippen MR) is 118 cm³/mol. The molecule has 2 aromatic carbocycles. The van der Waals surface area contributed by atoms with Gasteiger partial charge in [-0.05, 0) is 62.4 Å². The van der Waals surface area contributed by atoms with Crippen molar-refractivity contribution in [1.82, 2.24) is 4.98 Å². The van der Waals surface area contributed by atoms with Crippen molar-refractivity contribution in [1.29, 1.82) is 0 Å². The molecule has 150 valence electrons. The van der Waals surface area contributed by atoms with Crippen molar-refractivity contribution < 1.29 is 9.53 Å². The zero-order valence-electron chi connectivity index (χ0n) is 17.1. The van der Waals surface area contributed by atoms with Gasteiger partial charge in [0.05, 0.1) is 23.7 Å². The summed E-state index contributed by atoms with van der Waals surface area (Å²) in [6, 6.07) is 18.9. The van der Waals surface area contributed by atoms with Crippen molar-refractivity contribution in [2.75, 3.05) is 29.6 Å². The second-order valence-electron chi connectivity index (χ2n) is 7.12. The van der Waals surface area contributed by atoms with Gasteiger partial charge in [-0.25, -0.2) is 4.98 Å². The molecular weight excluding hydrogens is 364 g/mol. The van der Waals surface area contributed by atoms with Crippen molar-refractivity contribution in [3.05, 3.63) is 72.6 Å². The second kappa shape index (κ2) is 9.10. The molecule has 0 saturated heterocycles. The van der Waals surface area contributed by atoms with Crippen molar-refractivity contribution >= 4 is 28.7 Å². The quantitative estimate of drug-likeness (QED) is 0.599. The molecule has 0 bridgehead atoms. The summed E-state index contributed by atoms with van der Waals surface area (Å²) in [5.74, 6) is 0.517. The summed E-state index contributed by atoms with van der Waals surface area (Å²) < 4.78 is 5.82. The van der Waals surface area contributed by atoms with E-state index in [0.717, 1.165) is 28.5 Å². The van der Waals surface area contributed by atoms with Gasteiger partial charge in [0.1, 0.15) is 11.4 Å². The van der Waals surface area contributed by atoms with Crippen LogP contribution in [-0.4, -0.2) is 31.1 Å². The molecule has 1 aromatic heterocycles. The Hall–Kier alpha value is -3.54. The van der Waals surface area contributed by atoms with Crippen LogP contribution >= 0.6 is 0 Å². The molecule has 2 N–H and O–H groups in total. The minimum absolute atomic E-state index is 0.0777. The normalized spacial score (nSPS) is 10.5. The number of para-hydroxylation sites is 2. The van der Waals surface area contributed by atoms with Gasteiger partial charge in [-0.1, -0.05) is 12.1 Å². The third-order valence-electron chi connectivity index (χ3n) is 4.17. The van der Waals surface area contributed by atoms with Crippen LogP contribution in [0.4, 0.5) is 22.7 Å². The van der Waals surface area contributed by atoms with Crippen LogP contribution < -0.4 is 20.3 Å². The van der Waals surface area contributed by atoms with Gasteiger partial charge in [0.2, 0.25) is 0 Å². The number of pyridine rings is 1. The molecule has 0 spiro atoms. The highest BCUT2D eigenvalue weighted by Gasteiger charge is 2.09. The molecule has 0 atom stereocenters. The first kappa shape index (κ1) is 20.2. The Morgan fingerprint density at radius 2 is 1.66 bits per heavy atom. The molecule has 0 unspecified atom stereocenters. The van der Waals surface area contributed by atoms with Crippen LogP contribution in [0.15, 0.2) is 66.9 Å². The Bertz CT molecular complexity index is 951. The lowest BCUT2D eigenvalue weighted by atomic mass is 10.2. The summed E-state index contributed by atoms with van der Waals surface area (Å²) in [5.41, 5.74) is 3.76. The third-order valence-corrected chi connectivity index (χ3v) is 4.17. The van der Waals surface area contributed by atoms with Crippen LogP contribution in [0.2, 0.25) is 0 Å². The number of aromatic nitrogens is 1. The Morgan fingerprint density at radius 1 is 0.966 bits per heavy atom. The van der Waals surface area contributed by atoms with Crippen molar-refractivity contribution in [2.24, 2.45) is 0 Å². The minimum Gasteiger partial charge on any atom is -0.489 e. The van der Waals surface area contributed by atoms with E-state index in [-0.39, 0.29) is 12.0 Å². The summed E-state index contributed by atoms with van der Waals surface area (Å²) in [4.78, 5) is 18.7. The van der Waals surface area contributed by atoms with Gasteiger partial charge in [0, 0.05) is 25.5 Å². The fourth-order valence-corrected chi connectivity index (χ4v) is 2.72.